The predicted molar refractivity (Wildman–Crippen MR) is 72.4 cm³/mol. The molecule has 4 nitrogen and oxygen atoms in total. The van der Waals surface area contributed by atoms with Crippen molar-refractivity contribution in [3.8, 4) is 0 Å². The summed E-state index contributed by atoms with van der Waals surface area (Å²) in [7, 11) is 0. The Kier molecular flexibility index (Phi) is 3.76. The highest BCUT2D eigenvalue weighted by molar-refractivity contribution is 5.83. The van der Waals surface area contributed by atoms with Crippen LogP contribution in [0, 0.1) is 11.8 Å². The normalized spacial score (nSPS) is 28.4. The Labute approximate surface area is 114 Å². The Morgan fingerprint density at radius 2 is 1.63 bits per heavy atom. The van der Waals surface area contributed by atoms with Crippen molar-refractivity contribution in [1.82, 2.24) is 10.2 Å². The van der Waals surface area contributed by atoms with Crippen molar-refractivity contribution in [3.63, 3.8) is 0 Å². The molecule has 0 radical (unpaired) electrons. The Hall–Kier alpha value is -1.06. The lowest BCUT2D eigenvalue weighted by atomic mass is 9.96. The molecule has 106 valence electrons. The zero-order valence-electron chi connectivity index (χ0n) is 11.6. The molecule has 0 bridgehead atoms. The minimum Gasteiger partial charge on any atom is -0.353 e. The van der Waals surface area contributed by atoms with E-state index in [0.717, 1.165) is 45.1 Å². The van der Waals surface area contributed by atoms with Gasteiger partial charge in [-0.15, -0.1) is 0 Å². The molecular formula is C15H24N2O2. The van der Waals surface area contributed by atoms with Crippen LogP contribution in [0.2, 0.25) is 0 Å². The van der Waals surface area contributed by atoms with Gasteiger partial charge in [0.15, 0.2) is 0 Å². The molecule has 1 atom stereocenters. The van der Waals surface area contributed by atoms with Gasteiger partial charge in [0, 0.05) is 25.0 Å². The molecular weight excluding hydrogens is 240 g/mol. The predicted octanol–water partition coefficient (Wildman–Crippen LogP) is 1.69. The molecule has 1 N–H and O–H groups in total. The average molecular weight is 264 g/mol. The summed E-state index contributed by atoms with van der Waals surface area (Å²) < 4.78 is 0. The fourth-order valence-electron chi connectivity index (χ4n) is 3.37. The van der Waals surface area contributed by atoms with Crippen LogP contribution >= 0.6 is 0 Å². The summed E-state index contributed by atoms with van der Waals surface area (Å²) in [6.07, 6.45) is 8.74. The van der Waals surface area contributed by atoms with Crippen molar-refractivity contribution in [3.05, 3.63) is 0 Å². The lowest BCUT2D eigenvalue weighted by Gasteiger charge is -2.32. The molecule has 0 spiro atoms. The van der Waals surface area contributed by atoms with Crippen LogP contribution in [0.3, 0.4) is 0 Å². The van der Waals surface area contributed by atoms with Crippen LogP contribution in [0.5, 0.6) is 0 Å². The number of piperidine rings is 1. The standard InChI is InChI=1S/C15H24N2O2/c18-14(16-13-5-1-2-6-13)12-4-3-9-17(10-12)15(19)11-7-8-11/h11-13H,1-10H2,(H,16,18). The molecule has 3 rings (SSSR count). The first-order valence-electron chi connectivity index (χ1n) is 7.83. The molecule has 2 saturated carbocycles. The maximum Gasteiger partial charge on any atom is 0.225 e. The highest BCUT2D eigenvalue weighted by Gasteiger charge is 2.37. The van der Waals surface area contributed by atoms with Gasteiger partial charge >= 0.3 is 0 Å². The average Bonchev–Trinajstić information content (AvgIpc) is 3.17. The molecule has 0 aromatic carbocycles. The van der Waals surface area contributed by atoms with E-state index < -0.39 is 0 Å². The van der Waals surface area contributed by atoms with Crippen molar-refractivity contribution < 1.29 is 9.59 Å². The molecule has 0 aromatic heterocycles. The zero-order valence-corrected chi connectivity index (χ0v) is 11.6. The molecule has 2 amide bonds. The second-order valence-electron chi connectivity index (χ2n) is 6.39. The fraction of sp³-hybridized carbons (Fsp3) is 0.867. The van der Waals surface area contributed by atoms with Crippen LogP contribution < -0.4 is 5.32 Å². The highest BCUT2D eigenvalue weighted by atomic mass is 16.2. The van der Waals surface area contributed by atoms with Gasteiger partial charge in [-0.2, -0.15) is 0 Å². The molecule has 0 aromatic rings. The smallest absolute Gasteiger partial charge is 0.225 e. The molecule has 4 heteroatoms. The van der Waals surface area contributed by atoms with E-state index in [4.69, 9.17) is 0 Å². The van der Waals surface area contributed by atoms with Crippen LogP contribution in [0.25, 0.3) is 0 Å². The van der Waals surface area contributed by atoms with Crippen molar-refractivity contribution in [2.45, 2.75) is 57.4 Å². The number of carbonyl (C=O) groups excluding carboxylic acids is 2. The van der Waals surface area contributed by atoms with E-state index in [-0.39, 0.29) is 17.7 Å². The van der Waals surface area contributed by atoms with Crippen LogP contribution in [0.1, 0.15) is 51.4 Å². The first kappa shape index (κ1) is 12.9. The molecule has 1 aliphatic heterocycles. The maximum absolute atomic E-state index is 12.3. The van der Waals surface area contributed by atoms with Crippen molar-refractivity contribution in [2.24, 2.45) is 11.8 Å². The summed E-state index contributed by atoms with van der Waals surface area (Å²) in [4.78, 5) is 26.3. The van der Waals surface area contributed by atoms with E-state index in [1.165, 1.54) is 12.8 Å². The number of nitrogens with zero attached hydrogens (tertiary/aromatic N) is 1. The summed E-state index contributed by atoms with van der Waals surface area (Å²) in [5, 5.41) is 3.18. The van der Waals surface area contributed by atoms with Gasteiger partial charge in [0.1, 0.15) is 0 Å². The molecule has 19 heavy (non-hydrogen) atoms. The third-order valence-electron chi connectivity index (χ3n) is 4.73. The Balaban J connectivity index is 1.51. The number of carbonyl (C=O) groups is 2. The SMILES string of the molecule is O=C(NC1CCCC1)C1CCCN(C(=O)C2CC2)C1. The lowest BCUT2D eigenvalue weighted by Crippen LogP contribution is -2.47. The van der Waals surface area contributed by atoms with E-state index in [1.54, 1.807) is 0 Å². The van der Waals surface area contributed by atoms with Crippen LogP contribution in [-0.4, -0.2) is 35.8 Å². The number of hydrogen-bond acceptors (Lipinski definition) is 2. The van der Waals surface area contributed by atoms with Crippen molar-refractivity contribution in [1.29, 1.82) is 0 Å². The molecule has 1 saturated heterocycles. The van der Waals surface area contributed by atoms with E-state index in [2.05, 4.69) is 5.32 Å². The van der Waals surface area contributed by atoms with Crippen LogP contribution in [0.15, 0.2) is 0 Å². The summed E-state index contributed by atoms with van der Waals surface area (Å²) in [6.45, 7) is 1.50. The summed E-state index contributed by atoms with van der Waals surface area (Å²) in [6, 6.07) is 0.391. The van der Waals surface area contributed by atoms with Gasteiger partial charge in [-0.1, -0.05) is 12.8 Å². The van der Waals surface area contributed by atoms with E-state index >= 15 is 0 Å². The minimum atomic E-state index is 0.0250. The van der Waals surface area contributed by atoms with Gasteiger partial charge in [-0.3, -0.25) is 9.59 Å². The Morgan fingerprint density at radius 3 is 2.32 bits per heavy atom. The highest BCUT2D eigenvalue weighted by Crippen LogP contribution is 2.32. The third kappa shape index (κ3) is 3.10. The quantitative estimate of drug-likeness (QED) is 0.843. The van der Waals surface area contributed by atoms with Crippen molar-refractivity contribution in [2.75, 3.05) is 13.1 Å². The van der Waals surface area contributed by atoms with Gasteiger partial charge in [0.2, 0.25) is 11.8 Å². The third-order valence-corrected chi connectivity index (χ3v) is 4.73. The van der Waals surface area contributed by atoms with Crippen molar-refractivity contribution >= 4 is 11.8 Å². The monoisotopic (exact) mass is 264 g/mol. The van der Waals surface area contributed by atoms with Crippen LogP contribution in [-0.2, 0) is 9.59 Å². The zero-order chi connectivity index (χ0) is 13.2. The molecule has 2 aliphatic carbocycles. The molecule has 1 unspecified atom stereocenters. The van der Waals surface area contributed by atoms with E-state index in [9.17, 15) is 9.59 Å². The fourth-order valence-corrected chi connectivity index (χ4v) is 3.37. The summed E-state index contributed by atoms with van der Waals surface area (Å²) in [5.41, 5.74) is 0. The molecule has 3 fully saturated rings. The number of hydrogen-bond donors (Lipinski definition) is 1. The van der Waals surface area contributed by atoms with Gasteiger partial charge in [-0.25, -0.2) is 0 Å². The van der Waals surface area contributed by atoms with Gasteiger partial charge in [-0.05, 0) is 38.5 Å². The molecule has 1 heterocycles. The first-order valence-corrected chi connectivity index (χ1v) is 7.83. The number of amides is 2. The number of likely N-dealkylation sites (tertiary alicyclic amines) is 1. The van der Waals surface area contributed by atoms with Gasteiger partial charge in [0.05, 0.1) is 5.92 Å². The maximum atomic E-state index is 12.3. The second-order valence-corrected chi connectivity index (χ2v) is 6.39. The summed E-state index contributed by atoms with van der Waals surface area (Å²) >= 11 is 0. The Bertz CT molecular complexity index is 359. The topological polar surface area (TPSA) is 49.4 Å². The summed E-state index contributed by atoms with van der Waals surface area (Å²) in [5.74, 6) is 0.771. The van der Waals surface area contributed by atoms with E-state index in [1.807, 2.05) is 4.90 Å². The largest absolute Gasteiger partial charge is 0.353 e. The second kappa shape index (κ2) is 5.51. The first-order chi connectivity index (χ1) is 9.24. The van der Waals surface area contributed by atoms with E-state index in [0.29, 0.717) is 18.5 Å². The number of rotatable bonds is 3. The minimum absolute atomic E-state index is 0.0250. The van der Waals surface area contributed by atoms with Crippen LogP contribution in [0.4, 0.5) is 0 Å². The van der Waals surface area contributed by atoms with Gasteiger partial charge in [0.25, 0.3) is 0 Å². The van der Waals surface area contributed by atoms with Gasteiger partial charge < -0.3 is 10.2 Å². The molecule has 3 aliphatic rings. The number of nitrogens with one attached hydrogen (secondary N) is 1. The Morgan fingerprint density at radius 1 is 0.895 bits per heavy atom. The lowest BCUT2D eigenvalue weighted by molar-refractivity contribution is -0.137.